The molecule has 0 aliphatic heterocycles. The van der Waals surface area contributed by atoms with Gasteiger partial charge in [-0.05, 0) is 12.1 Å². The lowest BCUT2D eigenvalue weighted by atomic mass is 10.1. The Balaban J connectivity index is 3.30. The summed E-state index contributed by atoms with van der Waals surface area (Å²) < 4.78 is 9.84. The van der Waals surface area contributed by atoms with Crippen molar-refractivity contribution < 1.29 is 29.3 Å². The molecule has 0 atom stereocenters. The molecule has 0 saturated carbocycles. The van der Waals surface area contributed by atoms with Crippen molar-refractivity contribution in [2.24, 2.45) is 0 Å². The van der Waals surface area contributed by atoms with Crippen LogP contribution in [0.4, 0.5) is 0 Å². The van der Waals surface area contributed by atoms with E-state index in [1.54, 1.807) is 0 Å². The summed E-state index contributed by atoms with van der Waals surface area (Å²) in [6.45, 7) is 0. The summed E-state index contributed by atoms with van der Waals surface area (Å²) >= 11 is 0. The van der Waals surface area contributed by atoms with E-state index < -0.39 is 18.2 Å². The third-order valence-electron chi connectivity index (χ3n) is 1.99. The predicted molar refractivity (Wildman–Crippen MR) is 54.9 cm³/mol. The topological polar surface area (TPSA) is 106 Å². The number of aromatic carboxylic acids is 2. The van der Waals surface area contributed by atoms with E-state index in [1.807, 2.05) is 0 Å². The van der Waals surface area contributed by atoms with Crippen molar-refractivity contribution in [2.45, 2.75) is 6.29 Å². The summed E-state index contributed by atoms with van der Waals surface area (Å²) in [4.78, 5) is 25.1. The van der Waals surface area contributed by atoms with E-state index in [4.69, 9.17) is 19.7 Å². The number of ether oxygens (including phenoxy) is 2. The number of hydrogen-bond donors (Lipinski definition) is 2. The minimum Gasteiger partial charge on any atom is -0.477 e. The monoisotopic (exact) mass is 241 g/mol. The average Bonchev–Trinajstić information content (AvgIpc) is 2.30. The smallest absolute Gasteiger partial charge is 0.354 e. The third kappa shape index (κ3) is 2.99. The summed E-state index contributed by atoms with van der Waals surface area (Å²) in [6.07, 6.45) is -0.839. The molecule has 92 valence electrons. The first-order chi connectivity index (χ1) is 7.99. The van der Waals surface area contributed by atoms with Crippen LogP contribution in [0.15, 0.2) is 12.1 Å². The summed E-state index contributed by atoms with van der Waals surface area (Å²) in [5, 5.41) is 17.6. The van der Waals surface area contributed by atoms with Crippen LogP contribution in [0.25, 0.3) is 0 Å². The highest BCUT2D eigenvalue weighted by molar-refractivity contribution is 5.90. The number of rotatable bonds is 5. The number of nitrogens with zero attached hydrogens (tertiary/aromatic N) is 1. The minimum absolute atomic E-state index is 0.278. The molecule has 7 heteroatoms. The first-order valence-electron chi connectivity index (χ1n) is 4.53. The number of carboxylic acids is 2. The molecular weight excluding hydrogens is 230 g/mol. The maximum absolute atomic E-state index is 10.8. The van der Waals surface area contributed by atoms with Crippen molar-refractivity contribution in [1.82, 2.24) is 4.98 Å². The summed E-state index contributed by atoms with van der Waals surface area (Å²) in [5.74, 6) is -2.64. The fraction of sp³-hybridized carbons (Fsp3) is 0.300. The van der Waals surface area contributed by atoms with Gasteiger partial charge in [0.2, 0.25) is 0 Å². The average molecular weight is 241 g/mol. The van der Waals surface area contributed by atoms with Crippen LogP contribution in [0.2, 0.25) is 0 Å². The van der Waals surface area contributed by atoms with Crippen molar-refractivity contribution >= 4 is 11.9 Å². The van der Waals surface area contributed by atoms with Gasteiger partial charge >= 0.3 is 11.9 Å². The van der Waals surface area contributed by atoms with Crippen molar-refractivity contribution in [1.29, 1.82) is 0 Å². The highest BCUT2D eigenvalue weighted by Gasteiger charge is 2.18. The molecule has 1 heterocycles. The van der Waals surface area contributed by atoms with Gasteiger partial charge in [0, 0.05) is 19.8 Å². The molecule has 1 aromatic rings. The molecule has 0 spiro atoms. The zero-order valence-corrected chi connectivity index (χ0v) is 9.21. The zero-order valence-electron chi connectivity index (χ0n) is 9.21. The molecule has 7 nitrogen and oxygen atoms in total. The molecule has 0 saturated heterocycles. The molecule has 0 radical (unpaired) electrons. The summed E-state index contributed by atoms with van der Waals surface area (Å²) in [6, 6.07) is 2.40. The van der Waals surface area contributed by atoms with Crippen LogP contribution >= 0.6 is 0 Å². The molecule has 1 rings (SSSR count). The molecule has 0 aliphatic carbocycles. The van der Waals surface area contributed by atoms with Gasteiger partial charge in [-0.15, -0.1) is 0 Å². The van der Waals surface area contributed by atoms with E-state index in [0.29, 0.717) is 0 Å². The van der Waals surface area contributed by atoms with Gasteiger partial charge in [-0.25, -0.2) is 14.6 Å². The van der Waals surface area contributed by atoms with Crippen LogP contribution in [-0.4, -0.2) is 41.4 Å². The van der Waals surface area contributed by atoms with E-state index in [1.165, 1.54) is 26.4 Å². The first kappa shape index (κ1) is 13.1. The van der Waals surface area contributed by atoms with E-state index in [2.05, 4.69) is 4.98 Å². The Bertz CT molecular complexity index is 408. The molecule has 0 bridgehead atoms. The second-order valence-electron chi connectivity index (χ2n) is 3.08. The summed E-state index contributed by atoms with van der Waals surface area (Å²) in [7, 11) is 2.71. The molecule has 0 unspecified atom stereocenters. The number of methoxy groups -OCH3 is 2. The zero-order chi connectivity index (χ0) is 13.0. The number of hydrogen-bond acceptors (Lipinski definition) is 5. The van der Waals surface area contributed by atoms with Gasteiger partial charge in [-0.1, -0.05) is 0 Å². The normalized spacial score (nSPS) is 10.5. The number of carbonyl (C=O) groups is 2. The van der Waals surface area contributed by atoms with Crippen LogP contribution < -0.4 is 0 Å². The molecule has 0 aromatic carbocycles. The quantitative estimate of drug-likeness (QED) is 0.733. The van der Waals surface area contributed by atoms with E-state index in [0.717, 1.165) is 0 Å². The maximum Gasteiger partial charge on any atom is 0.354 e. The Labute approximate surface area is 96.6 Å². The van der Waals surface area contributed by atoms with Gasteiger partial charge in [0.15, 0.2) is 6.29 Å². The molecule has 1 aromatic heterocycles. The van der Waals surface area contributed by atoms with Crippen LogP contribution in [-0.2, 0) is 9.47 Å². The van der Waals surface area contributed by atoms with E-state index in [9.17, 15) is 9.59 Å². The summed E-state index contributed by atoms with van der Waals surface area (Å²) in [5.41, 5.74) is -0.474. The van der Waals surface area contributed by atoms with Crippen LogP contribution in [0.5, 0.6) is 0 Å². The fourth-order valence-corrected chi connectivity index (χ4v) is 1.28. The molecule has 0 amide bonds. The van der Waals surface area contributed by atoms with Crippen LogP contribution in [0.1, 0.15) is 32.8 Å². The Morgan fingerprint density at radius 2 is 1.53 bits per heavy atom. The Morgan fingerprint density at radius 3 is 1.82 bits per heavy atom. The molecular formula is C10H11NO6. The van der Waals surface area contributed by atoms with Crippen molar-refractivity contribution in [2.75, 3.05) is 14.2 Å². The third-order valence-corrected chi connectivity index (χ3v) is 1.99. The highest BCUT2D eigenvalue weighted by atomic mass is 16.7. The van der Waals surface area contributed by atoms with E-state index in [-0.39, 0.29) is 17.0 Å². The molecule has 2 N–H and O–H groups in total. The molecule has 17 heavy (non-hydrogen) atoms. The van der Waals surface area contributed by atoms with E-state index >= 15 is 0 Å². The Hall–Kier alpha value is -1.99. The highest BCUT2D eigenvalue weighted by Crippen LogP contribution is 2.19. The van der Waals surface area contributed by atoms with Crippen molar-refractivity contribution in [3.8, 4) is 0 Å². The van der Waals surface area contributed by atoms with Gasteiger partial charge in [-0.2, -0.15) is 0 Å². The lowest BCUT2D eigenvalue weighted by Crippen LogP contribution is -2.12. The van der Waals surface area contributed by atoms with Crippen LogP contribution in [0, 0.1) is 0 Å². The van der Waals surface area contributed by atoms with Crippen LogP contribution in [0.3, 0.4) is 0 Å². The minimum atomic E-state index is -1.32. The standard InChI is InChI=1S/C10H11NO6/c1-16-10(17-2)5-3-6(8(12)13)11-7(4-5)9(14)15/h3-4,10H,1-2H3,(H,12,13)(H,14,15). The molecule has 0 fully saturated rings. The maximum atomic E-state index is 10.8. The second kappa shape index (κ2) is 5.37. The first-order valence-corrected chi connectivity index (χ1v) is 4.53. The fourth-order valence-electron chi connectivity index (χ4n) is 1.28. The SMILES string of the molecule is COC(OC)c1cc(C(=O)O)nc(C(=O)O)c1. The second-order valence-corrected chi connectivity index (χ2v) is 3.08. The number of aromatic nitrogens is 1. The number of pyridine rings is 1. The van der Waals surface area contributed by atoms with Gasteiger partial charge in [-0.3, -0.25) is 0 Å². The predicted octanol–water partition coefficient (Wildman–Crippen LogP) is 0.769. The van der Waals surface area contributed by atoms with Gasteiger partial charge < -0.3 is 19.7 Å². The lowest BCUT2D eigenvalue weighted by molar-refractivity contribution is -0.106. The van der Waals surface area contributed by atoms with Gasteiger partial charge in [0.05, 0.1) is 0 Å². The Morgan fingerprint density at radius 1 is 1.12 bits per heavy atom. The Kier molecular flexibility index (Phi) is 4.13. The molecule has 0 aliphatic rings. The van der Waals surface area contributed by atoms with Gasteiger partial charge in [0.25, 0.3) is 0 Å². The van der Waals surface area contributed by atoms with Crippen molar-refractivity contribution in [3.05, 3.63) is 29.1 Å². The van der Waals surface area contributed by atoms with Gasteiger partial charge in [0.1, 0.15) is 11.4 Å². The number of carboxylic acid groups (broad SMARTS) is 2. The van der Waals surface area contributed by atoms with Crippen molar-refractivity contribution in [3.63, 3.8) is 0 Å². The largest absolute Gasteiger partial charge is 0.477 e. The lowest BCUT2D eigenvalue weighted by Gasteiger charge is -2.14.